The number of fused-ring (bicyclic) bond motifs is 1. The van der Waals surface area contributed by atoms with Gasteiger partial charge in [-0.1, -0.05) is 62.5 Å². The maximum absolute atomic E-state index is 13.1. The summed E-state index contributed by atoms with van der Waals surface area (Å²) in [5.74, 6) is -2.77. The largest absolute Gasteiger partial charge is 0.465 e. The number of alkyl carbamates (subject to hydrolysis) is 1. The Morgan fingerprint density at radius 1 is 1.04 bits per heavy atom. The van der Waals surface area contributed by atoms with Crippen LogP contribution < -0.4 is 10.6 Å². The Morgan fingerprint density at radius 3 is 2.50 bits per heavy atom. The van der Waals surface area contributed by atoms with Crippen LogP contribution in [-0.2, 0) is 52.4 Å². The van der Waals surface area contributed by atoms with E-state index >= 15 is 0 Å². The van der Waals surface area contributed by atoms with Crippen molar-refractivity contribution in [3.63, 3.8) is 0 Å². The number of unbranched alkanes of at least 4 members (excludes halogenated alkanes) is 4. The highest BCUT2D eigenvalue weighted by Crippen LogP contribution is 2.39. The fourth-order valence-corrected chi connectivity index (χ4v) is 5.48. The summed E-state index contributed by atoms with van der Waals surface area (Å²) in [6.45, 7) is 6.49. The number of nitrogens with one attached hydrogen (secondary N) is 2. The van der Waals surface area contributed by atoms with Gasteiger partial charge in [0.2, 0.25) is 17.5 Å². The molecule has 0 spiro atoms. The van der Waals surface area contributed by atoms with Crippen molar-refractivity contribution in [2.45, 2.75) is 128 Å². The van der Waals surface area contributed by atoms with Crippen LogP contribution in [0.25, 0.3) is 0 Å². The van der Waals surface area contributed by atoms with E-state index in [1.807, 2.05) is 0 Å². The van der Waals surface area contributed by atoms with Crippen molar-refractivity contribution in [2.24, 2.45) is 0 Å². The third kappa shape index (κ3) is 13.3. The Kier molecular flexibility index (Phi) is 16.0. The second-order valence-corrected chi connectivity index (χ2v) is 12.5. The molecular weight excluding hydrogens is 652 g/mol. The lowest BCUT2D eigenvalue weighted by atomic mass is 10.00. The molecule has 50 heavy (non-hydrogen) atoms. The number of Topliss-reactive ketones (excluding diaryl/α,β-unsaturated/α-hetero) is 1. The highest BCUT2D eigenvalue weighted by molar-refractivity contribution is 5.96. The zero-order chi connectivity index (χ0) is 36.7. The SMILES string of the molecule is CCCCCCCC(=O)OCC/C=C/[C@@H]1O[C@@H]1[C@@H]1OC(=O)/C=C\C=C\[C@@](OC)(C(C)=O)NC(=O)/C=C(/C)CC[C@H]2O[C@H]2[C@H]1OC(=O)NC(C)=O. The van der Waals surface area contributed by atoms with Crippen LogP contribution in [0.5, 0.6) is 0 Å². The quantitative estimate of drug-likeness (QED) is 0.0877. The molecule has 2 N–H and O–H groups in total. The zero-order valence-electron chi connectivity index (χ0n) is 29.5. The first-order valence-corrected chi connectivity index (χ1v) is 17.1. The molecule has 2 saturated heterocycles. The molecule has 2 fully saturated rings. The highest BCUT2D eigenvalue weighted by Gasteiger charge is 2.58. The molecule has 14 heteroatoms. The number of carbonyl (C=O) groups excluding carboxylic acids is 6. The predicted molar refractivity (Wildman–Crippen MR) is 179 cm³/mol. The van der Waals surface area contributed by atoms with Crippen LogP contribution in [0, 0.1) is 0 Å². The Labute approximate surface area is 292 Å². The third-order valence-electron chi connectivity index (χ3n) is 8.31. The van der Waals surface area contributed by atoms with Gasteiger partial charge in [-0.05, 0) is 45.6 Å². The van der Waals surface area contributed by atoms with Crippen molar-refractivity contribution in [2.75, 3.05) is 13.7 Å². The monoisotopic (exact) mass is 702 g/mol. The minimum absolute atomic E-state index is 0.204. The van der Waals surface area contributed by atoms with Crippen LogP contribution in [-0.4, -0.2) is 91.7 Å². The van der Waals surface area contributed by atoms with Crippen molar-refractivity contribution >= 4 is 35.6 Å². The summed E-state index contributed by atoms with van der Waals surface area (Å²) in [4.78, 5) is 74.5. The summed E-state index contributed by atoms with van der Waals surface area (Å²) in [5, 5.41) is 4.63. The number of carbonyl (C=O) groups is 6. The second-order valence-electron chi connectivity index (χ2n) is 12.5. The van der Waals surface area contributed by atoms with Crippen molar-refractivity contribution in [3.8, 4) is 0 Å². The van der Waals surface area contributed by atoms with Gasteiger partial charge in [0.25, 0.3) is 0 Å². The number of hydrogen-bond donors (Lipinski definition) is 2. The molecule has 0 aromatic carbocycles. The molecule has 7 atom stereocenters. The van der Waals surface area contributed by atoms with E-state index < -0.39 is 72.0 Å². The molecule has 3 amide bonds. The average Bonchev–Trinajstić information content (AvgIpc) is 3.98. The minimum atomic E-state index is -1.78. The van der Waals surface area contributed by atoms with Gasteiger partial charge in [-0.2, -0.15) is 0 Å². The number of esters is 2. The fraction of sp³-hybridized carbons (Fsp3) is 0.611. The number of methoxy groups -OCH3 is 1. The number of epoxide rings is 2. The number of ether oxygens (including phenoxy) is 6. The standard InChI is InChI=1S/C36H50N2O12/c1-6-7-8-9-10-16-29(42)46-21-14-12-15-26-31(47-26)33-34(50-35(44)37-25(4)40)32-27(48-32)19-18-23(2)22-28(41)38-36(45-5,24(3)39)20-13-11-17-30(43)49-33/h11-13,15,17,20,22,26-27,31-34H,6-10,14,16,18-19,21H2,1-5H3,(H,38,41)(H,37,40,44)/b15-12+,17-11-,20-13+,23-22-/t26-,27+,31-,32+,33-,34+,36+/m0/s1. The number of imide groups is 1. The van der Waals surface area contributed by atoms with Crippen LogP contribution in [0.3, 0.4) is 0 Å². The molecule has 0 unspecified atom stereocenters. The molecule has 0 aliphatic carbocycles. The predicted octanol–water partition coefficient (Wildman–Crippen LogP) is 3.82. The lowest BCUT2D eigenvalue weighted by Crippen LogP contribution is -2.53. The second kappa shape index (κ2) is 19.9. The molecule has 14 nitrogen and oxygen atoms in total. The molecule has 276 valence electrons. The maximum Gasteiger partial charge on any atom is 0.414 e. The van der Waals surface area contributed by atoms with E-state index in [4.69, 9.17) is 28.4 Å². The molecule has 3 rings (SSSR count). The van der Waals surface area contributed by atoms with Gasteiger partial charge in [0.15, 0.2) is 18.0 Å². The average molecular weight is 703 g/mol. The summed E-state index contributed by atoms with van der Waals surface area (Å²) < 4.78 is 33.8. The number of rotatable bonds is 14. The van der Waals surface area contributed by atoms with E-state index in [0.717, 1.165) is 45.1 Å². The number of amides is 3. The fourth-order valence-electron chi connectivity index (χ4n) is 5.48. The lowest BCUT2D eigenvalue weighted by molar-refractivity contribution is -0.151. The molecule has 0 saturated carbocycles. The van der Waals surface area contributed by atoms with Crippen LogP contribution >= 0.6 is 0 Å². The summed E-state index contributed by atoms with van der Waals surface area (Å²) in [7, 11) is 1.27. The van der Waals surface area contributed by atoms with E-state index in [-0.39, 0.29) is 12.6 Å². The Bertz CT molecular complexity index is 1350. The van der Waals surface area contributed by atoms with Gasteiger partial charge in [0.1, 0.15) is 18.3 Å². The van der Waals surface area contributed by atoms with E-state index in [9.17, 15) is 28.8 Å². The first kappa shape index (κ1) is 40.3. The van der Waals surface area contributed by atoms with Gasteiger partial charge in [0.05, 0.1) is 12.7 Å². The van der Waals surface area contributed by atoms with Gasteiger partial charge in [-0.25, -0.2) is 9.59 Å². The molecule has 0 bridgehead atoms. The minimum Gasteiger partial charge on any atom is -0.465 e. The van der Waals surface area contributed by atoms with Crippen molar-refractivity contribution in [3.05, 3.63) is 48.1 Å². The molecule has 0 aromatic heterocycles. The summed E-state index contributed by atoms with van der Waals surface area (Å²) >= 11 is 0. The Morgan fingerprint density at radius 2 is 1.80 bits per heavy atom. The van der Waals surface area contributed by atoms with E-state index in [1.165, 1.54) is 38.3 Å². The Balaban J connectivity index is 1.76. The first-order valence-electron chi connectivity index (χ1n) is 17.1. The smallest absolute Gasteiger partial charge is 0.414 e. The topological polar surface area (TPSA) is 188 Å². The summed E-state index contributed by atoms with van der Waals surface area (Å²) in [6.07, 6.45) is 11.0. The van der Waals surface area contributed by atoms with Crippen LogP contribution in [0.15, 0.2) is 48.1 Å². The van der Waals surface area contributed by atoms with E-state index in [2.05, 4.69) is 17.6 Å². The third-order valence-corrected chi connectivity index (χ3v) is 8.31. The van der Waals surface area contributed by atoms with Gasteiger partial charge < -0.3 is 33.7 Å². The van der Waals surface area contributed by atoms with Crippen LogP contribution in [0.4, 0.5) is 4.79 Å². The molecular formula is C36H50N2O12. The number of ketones is 1. The Hall–Kier alpha value is -4.14. The van der Waals surface area contributed by atoms with Crippen LogP contribution in [0.2, 0.25) is 0 Å². The normalized spacial score (nSPS) is 30.7. The number of hydrogen-bond acceptors (Lipinski definition) is 12. The summed E-state index contributed by atoms with van der Waals surface area (Å²) in [5.41, 5.74) is -1.10. The number of cyclic esters (lactones) is 1. The zero-order valence-corrected chi connectivity index (χ0v) is 29.5. The highest BCUT2D eigenvalue weighted by atomic mass is 16.7. The van der Waals surface area contributed by atoms with Crippen molar-refractivity contribution < 1.29 is 57.2 Å². The van der Waals surface area contributed by atoms with Gasteiger partial charge in [0, 0.05) is 32.6 Å². The van der Waals surface area contributed by atoms with E-state index in [0.29, 0.717) is 31.3 Å². The van der Waals surface area contributed by atoms with Crippen LogP contribution in [0.1, 0.15) is 85.5 Å². The molecule has 3 aliphatic rings. The van der Waals surface area contributed by atoms with Gasteiger partial charge in [-0.15, -0.1) is 0 Å². The number of allylic oxidation sites excluding steroid dienone is 3. The first-order chi connectivity index (χ1) is 23.9. The lowest BCUT2D eigenvalue weighted by Gasteiger charge is -2.27. The summed E-state index contributed by atoms with van der Waals surface area (Å²) in [6, 6.07) is 0. The van der Waals surface area contributed by atoms with Crippen molar-refractivity contribution in [1.29, 1.82) is 0 Å². The molecule has 3 aliphatic heterocycles. The molecule has 3 heterocycles. The molecule has 0 radical (unpaired) electrons. The maximum atomic E-state index is 13.1. The van der Waals surface area contributed by atoms with Gasteiger partial charge in [-0.3, -0.25) is 24.5 Å². The van der Waals surface area contributed by atoms with E-state index in [1.54, 1.807) is 19.1 Å². The van der Waals surface area contributed by atoms with Crippen molar-refractivity contribution in [1.82, 2.24) is 10.6 Å². The molecule has 0 aromatic rings. The van der Waals surface area contributed by atoms with Gasteiger partial charge >= 0.3 is 18.0 Å².